The van der Waals surface area contributed by atoms with Gasteiger partial charge in [-0.3, -0.25) is 4.68 Å². The summed E-state index contributed by atoms with van der Waals surface area (Å²) in [6.07, 6.45) is 6.19. The van der Waals surface area contributed by atoms with Crippen molar-refractivity contribution in [3.8, 4) is 0 Å². The highest BCUT2D eigenvalue weighted by molar-refractivity contribution is 5.83. The molecule has 0 aliphatic heterocycles. The highest BCUT2D eigenvalue weighted by Gasteiger charge is 2.04. The molecule has 3 rings (SSSR count). The van der Waals surface area contributed by atoms with E-state index in [4.69, 9.17) is 0 Å². The summed E-state index contributed by atoms with van der Waals surface area (Å²) in [5.41, 5.74) is 5.94. The Morgan fingerprint density at radius 2 is 1.82 bits per heavy atom. The number of benzene rings is 1. The minimum Gasteiger partial charge on any atom is -0.350 e. The van der Waals surface area contributed by atoms with Crippen molar-refractivity contribution in [1.29, 1.82) is 0 Å². The fraction of sp³-hybridized carbons (Fsp3) is 0.143. The third kappa shape index (κ3) is 1.80. The molecule has 17 heavy (non-hydrogen) atoms. The molecule has 0 aliphatic rings. The zero-order valence-corrected chi connectivity index (χ0v) is 9.80. The summed E-state index contributed by atoms with van der Waals surface area (Å²) in [7, 11) is 2.08. The first kappa shape index (κ1) is 10.0. The molecule has 2 aromatic heterocycles. The molecule has 2 heterocycles. The van der Waals surface area contributed by atoms with Gasteiger partial charge in [-0.15, -0.1) is 0 Å². The van der Waals surface area contributed by atoms with Crippen LogP contribution in [0.2, 0.25) is 0 Å². The van der Waals surface area contributed by atoms with Crippen LogP contribution in [0.25, 0.3) is 10.9 Å². The molecular formula is C14H15N3. The number of hydrogen-bond donors (Lipinski definition) is 1. The van der Waals surface area contributed by atoms with Gasteiger partial charge in [-0.05, 0) is 23.8 Å². The molecule has 0 saturated heterocycles. The zero-order chi connectivity index (χ0) is 11.7. The van der Waals surface area contributed by atoms with E-state index in [1.54, 1.807) is 0 Å². The summed E-state index contributed by atoms with van der Waals surface area (Å²) < 4.78 is 4.14. The van der Waals surface area contributed by atoms with Crippen molar-refractivity contribution < 1.29 is 0 Å². The zero-order valence-electron chi connectivity index (χ0n) is 9.80. The van der Waals surface area contributed by atoms with E-state index in [0.29, 0.717) is 0 Å². The van der Waals surface area contributed by atoms with Gasteiger partial charge in [-0.25, -0.2) is 0 Å². The van der Waals surface area contributed by atoms with Crippen LogP contribution in [-0.4, -0.2) is 9.24 Å². The summed E-state index contributed by atoms with van der Waals surface area (Å²) in [5.74, 6) is 0. The van der Waals surface area contributed by atoms with Crippen LogP contribution in [0.4, 0.5) is 0 Å². The van der Waals surface area contributed by atoms with Gasteiger partial charge in [0.2, 0.25) is 0 Å². The molecule has 3 nitrogen and oxygen atoms in total. The summed E-state index contributed by atoms with van der Waals surface area (Å²) in [5, 5.41) is 1.31. The fourth-order valence-electron chi connectivity index (χ4n) is 2.18. The molecule has 0 amide bonds. The number of aromatic nitrogens is 2. The molecule has 0 radical (unpaired) electrons. The maximum Gasteiger partial charge on any atom is 0.0585 e. The molecule has 86 valence electrons. The second-order valence-electron chi connectivity index (χ2n) is 4.21. The van der Waals surface area contributed by atoms with Gasteiger partial charge in [0.1, 0.15) is 0 Å². The van der Waals surface area contributed by atoms with Crippen LogP contribution in [0.5, 0.6) is 0 Å². The Morgan fingerprint density at radius 1 is 1.06 bits per heavy atom. The molecular weight excluding hydrogens is 210 g/mol. The van der Waals surface area contributed by atoms with Gasteiger partial charge >= 0.3 is 0 Å². The van der Waals surface area contributed by atoms with E-state index >= 15 is 0 Å². The minimum atomic E-state index is 0.829. The molecule has 0 saturated carbocycles. The maximum atomic E-state index is 3.35. The largest absolute Gasteiger partial charge is 0.350 e. The van der Waals surface area contributed by atoms with E-state index in [-0.39, 0.29) is 0 Å². The second-order valence-corrected chi connectivity index (χ2v) is 4.21. The SMILES string of the molecule is Cn1cc(CNn2cccc2)c2ccccc21. The van der Waals surface area contributed by atoms with Gasteiger partial charge in [0.15, 0.2) is 0 Å². The van der Waals surface area contributed by atoms with Crippen LogP contribution in [0, 0.1) is 0 Å². The minimum absolute atomic E-state index is 0.829. The van der Waals surface area contributed by atoms with Crippen molar-refractivity contribution in [2.45, 2.75) is 6.54 Å². The topological polar surface area (TPSA) is 21.9 Å². The fourth-order valence-corrected chi connectivity index (χ4v) is 2.18. The Bertz CT molecular complexity index is 620. The number of fused-ring (bicyclic) bond motifs is 1. The van der Waals surface area contributed by atoms with Gasteiger partial charge in [-0.1, -0.05) is 18.2 Å². The molecule has 0 bridgehead atoms. The number of rotatable bonds is 3. The first-order valence-corrected chi connectivity index (χ1v) is 5.74. The molecule has 3 heteroatoms. The Morgan fingerprint density at radius 3 is 2.65 bits per heavy atom. The second kappa shape index (κ2) is 4.01. The summed E-state index contributed by atoms with van der Waals surface area (Å²) in [6.45, 7) is 0.829. The van der Waals surface area contributed by atoms with Gasteiger partial charge in [0.05, 0.1) is 6.54 Å². The lowest BCUT2D eigenvalue weighted by Crippen LogP contribution is -2.11. The number of nitrogens with zero attached hydrogens (tertiary/aromatic N) is 2. The van der Waals surface area contributed by atoms with Crippen LogP contribution >= 0.6 is 0 Å². The Kier molecular flexibility index (Phi) is 2.37. The Labute approximate surface area is 100 Å². The Hall–Kier alpha value is -2.16. The number of para-hydroxylation sites is 1. The van der Waals surface area contributed by atoms with Crippen LogP contribution < -0.4 is 5.43 Å². The van der Waals surface area contributed by atoms with Crippen molar-refractivity contribution in [1.82, 2.24) is 9.24 Å². The molecule has 1 N–H and O–H groups in total. The van der Waals surface area contributed by atoms with Crippen LogP contribution in [0.3, 0.4) is 0 Å². The Balaban J connectivity index is 1.90. The first-order valence-electron chi connectivity index (χ1n) is 5.74. The molecule has 0 spiro atoms. The highest BCUT2D eigenvalue weighted by Crippen LogP contribution is 2.20. The predicted molar refractivity (Wildman–Crippen MR) is 70.4 cm³/mol. The van der Waals surface area contributed by atoms with Crippen molar-refractivity contribution in [2.75, 3.05) is 5.43 Å². The van der Waals surface area contributed by atoms with Crippen molar-refractivity contribution in [3.63, 3.8) is 0 Å². The third-order valence-electron chi connectivity index (χ3n) is 3.04. The monoisotopic (exact) mass is 225 g/mol. The number of nitrogens with one attached hydrogen (secondary N) is 1. The summed E-state index contributed by atoms with van der Waals surface area (Å²) in [6, 6.07) is 12.5. The first-order chi connectivity index (χ1) is 8.34. The lowest BCUT2D eigenvalue weighted by molar-refractivity contribution is 0.844. The molecule has 0 aliphatic carbocycles. The maximum absolute atomic E-state index is 3.35. The number of hydrogen-bond acceptors (Lipinski definition) is 1. The van der Waals surface area contributed by atoms with E-state index in [1.807, 2.05) is 29.2 Å². The van der Waals surface area contributed by atoms with Crippen LogP contribution in [-0.2, 0) is 13.6 Å². The van der Waals surface area contributed by atoms with Crippen molar-refractivity contribution in [2.24, 2.45) is 7.05 Å². The molecule has 3 aromatic rings. The van der Waals surface area contributed by atoms with E-state index in [2.05, 4.69) is 47.5 Å². The predicted octanol–water partition coefficient (Wildman–Crippen LogP) is 2.72. The molecule has 0 atom stereocenters. The van der Waals surface area contributed by atoms with Gasteiger partial charge in [-0.2, -0.15) is 0 Å². The van der Waals surface area contributed by atoms with Crippen molar-refractivity contribution >= 4 is 10.9 Å². The van der Waals surface area contributed by atoms with Gasteiger partial charge in [0, 0.05) is 36.5 Å². The summed E-state index contributed by atoms with van der Waals surface area (Å²) in [4.78, 5) is 0. The molecule has 1 aromatic carbocycles. The summed E-state index contributed by atoms with van der Waals surface area (Å²) >= 11 is 0. The standard InChI is InChI=1S/C14H15N3/c1-16-11-12(10-15-17-8-4-5-9-17)13-6-2-3-7-14(13)16/h2-9,11,15H,10H2,1H3. The third-order valence-corrected chi connectivity index (χ3v) is 3.04. The van der Waals surface area contributed by atoms with E-state index in [9.17, 15) is 0 Å². The van der Waals surface area contributed by atoms with Gasteiger partial charge < -0.3 is 9.99 Å². The van der Waals surface area contributed by atoms with E-state index < -0.39 is 0 Å². The molecule has 0 fully saturated rings. The molecule has 0 unspecified atom stereocenters. The van der Waals surface area contributed by atoms with Crippen LogP contribution in [0.1, 0.15) is 5.56 Å². The van der Waals surface area contributed by atoms with E-state index in [0.717, 1.165) is 6.54 Å². The normalized spacial score (nSPS) is 10.9. The lowest BCUT2D eigenvalue weighted by atomic mass is 10.2. The smallest absolute Gasteiger partial charge is 0.0585 e. The van der Waals surface area contributed by atoms with E-state index in [1.165, 1.54) is 16.5 Å². The highest BCUT2D eigenvalue weighted by atomic mass is 15.4. The quantitative estimate of drug-likeness (QED) is 0.727. The van der Waals surface area contributed by atoms with Crippen LogP contribution in [0.15, 0.2) is 55.0 Å². The average Bonchev–Trinajstić information content (AvgIpc) is 2.96. The van der Waals surface area contributed by atoms with Crippen molar-refractivity contribution in [3.05, 3.63) is 60.6 Å². The number of aryl methyl sites for hydroxylation is 1. The lowest BCUT2D eigenvalue weighted by Gasteiger charge is -2.06. The average molecular weight is 225 g/mol. The van der Waals surface area contributed by atoms with Gasteiger partial charge in [0.25, 0.3) is 0 Å².